The lowest BCUT2D eigenvalue weighted by molar-refractivity contribution is 0.358. The van der Waals surface area contributed by atoms with Crippen LogP contribution in [-0.4, -0.2) is 11.0 Å². The predicted octanol–water partition coefficient (Wildman–Crippen LogP) is 4.60. The zero-order chi connectivity index (χ0) is 12.5. The van der Waals surface area contributed by atoms with Crippen molar-refractivity contribution >= 4 is 26.7 Å². The van der Waals surface area contributed by atoms with Gasteiger partial charge in [0.15, 0.2) is 5.13 Å². The molecule has 18 heavy (non-hydrogen) atoms. The first kappa shape index (κ1) is 12.0. The van der Waals surface area contributed by atoms with Crippen molar-refractivity contribution in [3.8, 4) is 0 Å². The normalized spacial score (nSPS) is 24.3. The van der Waals surface area contributed by atoms with Crippen LogP contribution in [0.15, 0.2) is 18.2 Å². The topological polar surface area (TPSA) is 24.9 Å². The molecule has 0 bridgehead atoms. The average Bonchev–Trinajstić information content (AvgIpc) is 2.70. The van der Waals surface area contributed by atoms with Crippen LogP contribution in [0, 0.1) is 12.8 Å². The van der Waals surface area contributed by atoms with Crippen LogP contribution >= 0.6 is 11.3 Å². The molecule has 1 aromatic carbocycles. The van der Waals surface area contributed by atoms with E-state index in [1.807, 2.05) is 0 Å². The molecule has 96 valence electrons. The van der Waals surface area contributed by atoms with E-state index >= 15 is 0 Å². The molecule has 3 rings (SSSR count). The Bertz CT molecular complexity index is 546. The summed E-state index contributed by atoms with van der Waals surface area (Å²) in [6.07, 6.45) is 5.31. The van der Waals surface area contributed by atoms with E-state index in [1.165, 1.54) is 35.9 Å². The van der Waals surface area contributed by atoms with Gasteiger partial charge in [0.2, 0.25) is 0 Å². The number of hydrogen-bond acceptors (Lipinski definition) is 3. The summed E-state index contributed by atoms with van der Waals surface area (Å²) in [5.74, 6) is 0.855. The van der Waals surface area contributed by atoms with Crippen LogP contribution in [0.4, 0.5) is 5.13 Å². The lowest BCUT2D eigenvalue weighted by Gasteiger charge is -2.27. The summed E-state index contributed by atoms with van der Waals surface area (Å²) < 4.78 is 1.28. The minimum Gasteiger partial charge on any atom is -0.359 e. The molecule has 0 saturated heterocycles. The van der Waals surface area contributed by atoms with E-state index in [9.17, 15) is 0 Å². The van der Waals surface area contributed by atoms with Gasteiger partial charge in [-0.15, -0.1) is 0 Å². The summed E-state index contributed by atoms with van der Waals surface area (Å²) in [6, 6.07) is 7.13. The van der Waals surface area contributed by atoms with Crippen molar-refractivity contribution in [3.63, 3.8) is 0 Å². The number of aryl methyl sites for hydroxylation is 1. The molecular weight excluding hydrogens is 240 g/mol. The first-order chi connectivity index (χ1) is 8.70. The average molecular weight is 260 g/mol. The highest BCUT2D eigenvalue weighted by Crippen LogP contribution is 2.30. The summed E-state index contributed by atoms with van der Waals surface area (Å²) in [6.45, 7) is 4.48. The molecule has 0 spiro atoms. The lowest BCUT2D eigenvalue weighted by Crippen LogP contribution is -2.25. The van der Waals surface area contributed by atoms with E-state index in [0.29, 0.717) is 6.04 Å². The maximum absolute atomic E-state index is 4.70. The first-order valence-corrected chi connectivity index (χ1v) is 7.66. The van der Waals surface area contributed by atoms with Crippen LogP contribution in [0.5, 0.6) is 0 Å². The first-order valence-electron chi connectivity index (χ1n) is 6.84. The second kappa shape index (κ2) is 4.88. The van der Waals surface area contributed by atoms with E-state index in [-0.39, 0.29) is 0 Å². The van der Waals surface area contributed by atoms with Crippen LogP contribution < -0.4 is 5.32 Å². The van der Waals surface area contributed by atoms with Crippen LogP contribution in [-0.2, 0) is 0 Å². The van der Waals surface area contributed by atoms with Gasteiger partial charge >= 0.3 is 0 Å². The third kappa shape index (κ3) is 2.51. The number of hydrogen-bond donors (Lipinski definition) is 1. The van der Waals surface area contributed by atoms with Crippen molar-refractivity contribution in [2.75, 3.05) is 5.32 Å². The molecule has 1 aromatic heterocycles. The Morgan fingerprint density at radius 1 is 1.33 bits per heavy atom. The number of aromatic nitrogens is 1. The van der Waals surface area contributed by atoms with Crippen molar-refractivity contribution in [1.29, 1.82) is 0 Å². The maximum Gasteiger partial charge on any atom is 0.184 e. The fourth-order valence-electron chi connectivity index (χ4n) is 2.84. The van der Waals surface area contributed by atoms with Crippen LogP contribution in [0.2, 0.25) is 0 Å². The number of nitrogens with one attached hydrogen (secondary N) is 1. The molecule has 0 radical (unpaired) electrons. The SMILES string of the molecule is Cc1ccc2sc(NC3CCCC(C)C3)nc2c1. The van der Waals surface area contributed by atoms with Gasteiger partial charge in [-0.05, 0) is 43.4 Å². The standard InChI is InChI=1S/C15H20N2S/c1-10-4-3-5-12(8-10)16-15-17-13-9-11(2)6-7-14(13)18-15/h6-7,9-10,12H,3-5,8H2,1-2H3,(H,16,17). The van der Waals surface area contributed by atoms with Crippen molar-refractivity contribution in [2.24, 2.45) is 5.92 Å². The molecule has 0 amide bonds. The summed E-state index contributed by atoms with van der Waals surface area (Å²) in [4.78, 5) is 4.70. The molecule has 0 aliphatic heterocycles. The molecule has 1 saturated carbocycles. The number of thiazole rings is 1. The fraction of sp³-hybridized carbons (Fsp3) is 0.533. The van der Waals surface area contributed by atoms with Gasteiger partial charge in [0.1, 0.15) is 0 Å². The Hall–Kier alpha value is -1.09. The highest BCUT2D eigenvalue weighted by atomic mass is 32.1. The number of anilines is 1. The highest BCUT2D eigenvalue weighted by Gasteiger charge is 2.19. The second-order valence-electron chi connectivity index (χ2n) is 5.60. The van der Waals surface area contributed by atoms with E-state index in [0.717, 1.165) is 16.6 Å². The van der Waals surface area contributed by atoms with Crippen LogP contribution in [0.3, 0.4) is 0 Å². The molecule has 2 nitrogen and oxygen atoms in total. The van der Waals surface area contributed by atoms with Gasteiger partial charge in [-0.25, -0.2) is 4.98 Å². The van der Waals surface area contributed by atoms with Crippen molar-refractivity contribution in [1.82, 2.24) is 4.98 Å². The Kier molecular flexibility index (Phi) is 3.25. The second-order valence-corrected chi connectivity index (χ2v) is 6.63. The molecule has 3 heteroatoms. The van der Waals surface area contributed by atoms with Gasteiger partial charge in [-0.1, -0.05) is 37.2 Å². The van der Waals surface area contributed by atoms with Gasteiger partial charge in [0, 0.05) is 6.04 Å². The molecule has 2 atom stereocenters. The smallest absolute Gasteiger partial charge is 0.184 e. The zero-order valence-electron chi connectivity index (χ0n) is 11.1. The van der Waals surface area contributed by atoms with Crippen LogP contribution in [0.25, 0.3) is 10.2 Å². The monoisotopic (exact) mass is 260 g/mol. The molecule has 1 N–H and O–H groups in total. The number of nitrogens with zero attached hydrogens (tertiary/aromatic N) is 1. The Morgan fingerprint density at radius 2 is 2.22 bits per heavy atom. The van der Waals surface area contributed by atoms with Crippen molar-refractivity contribution < 1.29 is 0 Å². The Balaban J connectivity index is 1.78. The molecule has 1 aliphatic carbocycles. The van der Waals surface area contributed by atoms with Crippen molar-refractivity contribution in [3.05, 3.63) is 23.8 Å². The van der Waals surface area contributed by atoms with Crippen LogP contribution in [0.1, 0.15) is 38.2 Å². The third-order valence-corrected chi connectivity index (χ3v) is 4.77. The fourth-order valence-corrected chi connectivity index (χ4v) is 3.76. The Labute approximate surface area is 112 Å². The summed E-state index contributed by atoms with van der Waals surface area (Å²) >= 11 is 1.78. The quantitative estimate of drug-likeness (QED) is 0.854. The summed E-state index contributed by atoms with van der Waals surface area (Å²) in [5, 5.41) is 4.72. The van der Waals surface area contributed by atoms with Gasteiger partial charge in [-0.3, -0.25) is 0 Å². The highest BCUT2D eigenvalue weighted by molar-refractivity contribution is 7.22. The molecule has 1 heterocycles. The van der Waals surface area contributed by atoms with Gasteiger partial charge in [0.25, 0.3) is 0 Å². The predicted molar refractivity (Wildman–Crippen MR) is 79.4 cm³/mol. The van der Waals surface area contributed by atoms with E-state index in [4.69, 9.17) is 4.98 Å². The molecule has 1 fully saturated rings. The zero-order valence-corrected chi connectivity index (χ0v) is 11.9. The van der Waals surface area contributed by atoms with Gasteiger partial charge < -0.3 is 5.32 Å². The van der Waals surface area contributed by atoms with Gasteiger partial charge in [0.05, 0.1) is 10.2 Å². The number of rotatable bonds is 2. The minimum absolute atomic E-state index is 0.621. The Morgan fingerprint density at radius 3 is 3.06 bits per heavy atom. The third-order valence-electron chi connectivity index (χ3n) is 3.81. The van der Waals surface area contributed by atoms with E-state index in [1.54, 1.807) is 11.3 Å². The lowest BCUT2D eigenvalue weighted by atomic mass is 9.87. The summed E-state index contributed by atoms with van der Waals surface area (Å²) in [7, 11) is 0. The van der Waals surface area contributed by atoms with Gasteiger partial charge in [-0.2, -0.15) is 0 Å². The van der Waals surface area contributed by atoms with Crippen molar-refractivity contribution in [2.45, 2.75) is 45.6 Å². The number of benzene rings is 1. The molecule has 2 unspecified atom stereocenters. The molecule has 1 aliphatic rings. The van der Waals surface area contributed by atoms with E-state index in [2.05, 4.69) is 37.4 Å². The molecule has 2 aromatic rings. The van der Waals surface area contributed by atoms with E-state index < -0.39 is 0 Å². The maximum atomic E-state index is 4.70. The largest absolute Gasteiger partial charge is 0.359 e. The molecular formula is C15H20N2S. The number of fused-ring (bicyclic) bond motifs is 1. The summed E-state index contributed by atoms with van der Waals surface area (Å²) in [5.41, 5.74) is 2.41. The minimum atomic E-state index is 0.621.